The normalized spacial score (nSPS) is 21.1. The van der Waals surface area contributed by atoms with E-state index in [0.29, 0.717) is 49.4 Å². The highest BCUT2D eigenvalue weighted by atomic mass is 16.5. The van der Waals surface area contributed by atoms with Gasteiger partial charge in [0, 0.05) is 49.6 Å². The molecule has 1 amide bonds. The van der Waals surface area contributed by atoms with Crippen LogP contribution in [0.5, 0.6) is 5.75 Å². The fraction of sp³-hybridized carbons (Fsp3) is 0.435. The number of hydrogen-bond donors (Lipinski definition) is 1. The Balaban J connectivity index is 1.32. The van der Waals surface area contributed by atoms with Crippen LogP contribution in [0.25, 0.3) is 21.5 Å². The number of carbonyl (C=O) groups is 1. The molecular formula is C23H24N8O2. The predicted molar refractivity (Wildman–Crippen MR) is 119 cm³/mol. The number of fused-ring (bicyclic) bond motifs is 1. The van der Waals surface area contributed by atoms with Gasteiger partial charge in [0.25, 0.3) is 0 Å². The first-order valence-electron chi connectivity index (χ1n) is 11.0. The molecule has 5 rings (SSSR count). The van der Waals surface area contributed by atoms with E-state index < -0.39 is 5.54 Å². The van der Waals surface area contributed by atoms with Gasteiger partial charge in [-0.15, -0.1) is 0 Å². The van der Waals surface area contributed by atoms with Gasteiger partial charge in [-0.2, -0.15) is 15.5 Å². The van der Waals surface area contributed by atoms with Crippen LogP contribution in [0.3, 0.4) is 0 Å². The van der Waals surface area contributed by atoms with Crippen LogP contribution in [0.1, 0.15) is 30.9 Å². The fourth-order valence-electron chi connectivity index (χ4n) is 4.80. The third-order valence-corrected chi connectivity index (χ3v) is 6.72. The van der Waals surface area contributed by atoms with E-state index in [0.717, 1.165) is 24.0 Å². The Kier molecular flexibility index (Phi) is 5.23. The number of pyridine rings is 1. The van der Waals surface area contributed by atoms with Crippen LogP contribution in [-0.4, -0.2) is 69.0 Å². The highest BCUT2D eigenvalue weighted by Crippen LogP contribution is 2.32. The number of ether oxygens (including phenoxy) is 1. The largest absolute Gasteiger partial charge is 0.494 e. The number of nitriles is 1. The van der Waals surface area contributed by atoms with Gasteiger partial charge in [0.05, 0.1) is 32.1 Å². The van der Waals surface area contributed by atoms with Crippen LogP contribution < -0.4 is 10.1 Å². The molecule has 0 saturated carbocycles. The third kappa shape index (κ3) is 3.49. The Morgan fingerprint density at radius 1 is 1.30 bits per heavy atom. The van der Waals surface area contributed by atoms with Crippen molar-refractivity contribution in [3.63, 3.8) is 0 Å². The lowest BCUT2D eigenvalue weighted by molar-refractivity contribution is -0.136. The Bertz CT molecular complexity index is 1280. The van der Waals surface area contributed by atoms with Gasteiger partial charge in [0.1, 0.15) is 22.9 Å². The molecule has 2 saturated heterocycles. The van der Waals surface area contributed by atoms with Crippen LogP contribution in [-0.2, 0) is 4.79 Å². The molecule has 33 heavy (non-hydrogen) atoms. The minimum Gasteiger partial charge on any atom is -0.494 e. The second-order valence-corrected chi connectivity index (χ2v) is 8.56. The zero-order chi connectivity index (χ0) is 23.0. The molecule has 3 aromatic heterocycles. The van der Waals surface area contributed by atoms with Crippen LogP contribution in [0.2, 0.25) is 0 Å². The summed E-state index contributed by atoms with van der Waals surface area (Å²) >= 11 is 0. The molecule has 1 atom stereocenters. The number of nitrogens with zero attached hydrogens (tertiary/aromatic N) is 7. The standard InChI is InChI=1S/C23H24N8O2/c1-25-23(5-6-26-15-23)22(32)29-7-3-19(4-8-29)30-14-18(12-27-30)16-9-20(33-2)21-17(10-24)11-28-31(21)13-16/h9,11-14,19,26H,3-8,15H2,2H3. The maximum atomic E-state index is 13.0. The molecule has 0 aliphatic carbocycles. The number of aromatic nitrogens is 4. The van der Waals surface area contributed by atoms with Gasteiger partial charge in [0.15, 0.2) is 0 Å². The second-order valence-electron chi connectivity index (χ2n) is 8.56. The van der Waals surface area contributed by atoms with E-state index in [2.05, 4.69) is 26.4 Å². The predicted octanol–water partition coefficient (Wildman–Crippen LogP) is 1.89. The van der Waals surface area contributed by atoms with Crippen molar-refractivity contribution in [2.45, 2.75) is 30.8 Å². The fourth-order valence-corrected chi connectivity index (χ4v) is 4.80. The molecular weight excluding hydrogens is 420 g/mol. The molecule has 0 aromatic carbocycles. The van der Waals surface area contributed by atoms with Gasteiger partial charge in [-0.25, -0.2) is 11.1 Å². The Morgan fingerprint density at radius 2 is 2.12 bits per heavy atom. The molecule has 0 bridgehead atoms. The lowest BCUT2D eigenvalue weighted by Crippen LogP contribution is -2.51. The third-order valence-electron chi connectivity index (χ3n) is 6.72. The van der Waals surface area contributed by atoms with Gasteiger partial charge < -0.3 is 15.0 Å². The summed E-state index contributed by atoms with van der Waals surface area (Å²) in [6, 6.07) is 4.22. The van der Waals surface area contributed by atoms with E-state index >= 15 is 0 Å². The number of carbonyl (C=O) groups excluding carboxylic acids is 1. The first kappa shape index (κ1) is 21.0. The van der Waals surface area contributed by atoms with Crippen LogP contribution in [0, 0.1) is 17.9 Å². The van der Waals surface area contributed by atoms with Gasteiger partial charge in [0.2, 0.25) is 0 Å². The molecule has 3 aromatic rings. The van der Waals surface area contributed by atoms with Crippen molar-refractivity contribution in [3.05, 3.63) is 47.8 Å². The van der Waals surface area contributed by atoms with Gasteiger partial charge >= 0.3 is 11.4 Å². The van der Waals surface area contributed by atoms with Crippen LogP contribution >= 0.6 is 0 Å². The maximum Gasteiger partial charge on any atom is 0.322 e. The van der Waals surface area contributed by atoms with Gasteiger partial charge in [-0.1, -0.05) is 0 Å². The molecule has 2 aliphatic heterocycles. The van der Waals surface area contributed by atoms with Gasteiger partial charge in [-0.05, 0) is 18.9 Å². The summed E-state index contributed by atoms with van der Waals surface area (Å²) in [6.07, 6.45) is 9.37. The first-order chi connectivity index (χ1) is 16.1. The minimum atomic E-state index is -0.929. The summed E-state index contributed by atoms with van der Waals surface area (Å²) in [4.78, 5) is 18.5. The van der Waals surface area contributed by atoms with Crippen LogP contribution in [0.15, 0.2) is 30.9 Å². The Morgan fingerprint density at radius 3 is 2.79 bits per heavy atom. The number of likely N-dealkylation sites (tertiary alicyclic amines) is 1. The van der Waals surface area contributed by atoms with Crippen molar-refractivity contribution in [3.8, 4) is 22.9 Å². The van der Waals surface area contributed by atoms with E-state index in [1.807, 2.05) is 34.2 Å². The zero-order valence-electron chi connectivity index (χ0n) is 18.4. The van der Waals surface area contributed by atoms with Crippen LogP contribution in [0.4, 0.5) is 0 Å². The topological polar surface area (TPSA) is 105 Å². The second kappa shape index (κ2) is 8.23. The summed E-state index contributed by atoms with van der Waals surface area (Å²) in [5.74, 6) is 0.537. The van der Waals surface area contributed by atoms with E-state index in [-0.39, 0.29) is 11.9 Å². The van der Waals surface area contributed by atoms with Crippen molar-refractivity contribution in [1.29, 1.82) is 5.26 Å². The molecule has 10 heteroatoms. The summed E-state index contributed by atoms with van der Waals surface area (Å²) in [5, 5.41) is 21.3. The van der Waals surface area contributed by atoms with E-state index in [9.17, 15) is 10.1 Å². The molecule has 5 heterocycles. The Hall–Kier alpha value is -3.89. The van der Waals surface area contributed by atoms with Crippen molar-refractivity contribution < 1.29 is 9.53 Å². The summed E-state index contributed by atoms with van der Waals surface area (Å²) in [7, 11) is 1.57. The number of nitrogens with one attached hydrogen (secondary N) is 1. The number of amides is 1. The molecule has 2 fully saturated rings. The molecule has 10 nitrogen and oxygen atoms in total. The average Bonchev–Trinajstić information content (AvgIpc) is 3.62. The molecule has 2 aliphatic rings. The summed E-state index contributed by atoms with van der Waals surface area (Å²) < 4.78 is 9.11. The number of methoxy groups -OCH3 is 1. The monoisotopic (exact) mass is 444 g/mol. The zero-order valence-corrected chi connectivity index (χ0v) is 18.4. The first-order valence-corrected chi connectivity index (χ1v) is 11.0. The lowest BCUT2D eigenvalue weighted by atomic mass is 9.95. The number of piperidine rings is 1. The highest BCUT2D eigenvalue weighted by Gasteiger charge is 2.50. The lowest BCUT2D eigenvalue weighted by Gasteiger charge is -2.33. The quantitative estimate of drug-likeness (QED) is 0.617. The molecule has 1 unspecified atom stereocenters. The SMILES string of the molecule is [C-]#[N+]C1(C(=O)N2CCC(n3cc(-c4cc(OC)c5c(C#N)cnn5c4)cn3)CC2)CCNC1. The van der Waals surface area contributed by atoms with Gasteiger partial charge in [-0.3, -0.25) is 14.3 Å². The van der Waals surface area contributed by atoms with E-state index in [1.54, 1.807) is 11.6 Å². The smallest absolute Gasteiger partial charge is 0.322 e. The highest BCUT2D eigenvalue weighted by molar-refractivity contribution is 5.89. The molecule has 168 valence electrons. The van der Waals surface area contributed by atoms with Crippen molar-refractivity contribution in [1.82, 2.24) is 29.6 Å². The van der Waals surface area contributed by atoms with Crippen molar-refractivity contribution in [2.24, 2.45) is 0 Å². The summed E-state index contributed by atoms with van der Waals surface area (Å²) in [6.45, 7) is 9.95. The van der Waals surface area contributed by atoms with E-state index in [4.69, 9.17) is 11.3 Å². The maximum absolute atomic E-state index is 13.0. The molecule has 0 radical (unpaired) electrons. The van der Waals surface area contributed by atoms with Crippen molar-refractivity contribution >= 4 is 11.4 Å². The molecule has 1 N–H and O–H groups in total. The summed E-state index contributed by atoms with van der Waals surface area (Å²) in [5.41, 5.74) is 1.98. The minimum absolute atomic E-state index is 0.0431. The van der Waals surface area contributed by atoms with Crippen molar-refractivity contribution in [2.75, 3.05) is 33.3 Å². The van der Waals surface area contributed by atoms with E-state index in [1.165, 1.54) is 6.20 Å². The average molecular weight is 444 g/mol. The molecule has 0 spiro atoms. The number of rotatable bonds is 4. The Labute approximate surface area is 191 Å². The number of hydrogen-bond acceptors (Lipinski definition) is 6.